The van der Waals surface area contributed by atoms with E-state index in [4.69, 9.17) is 15.3 Å². The first kappa shape index (κ1) is 17.2. The highest BCUT2D eigenvalue weighted by Crippen LogP contribution is 2.30. The smallest absolute Gasteiger partial charge is 0.196 e. The summed E-state index contributed by atoms with van der Waals surface area (Å²) in [5, 5.41) is 17.1. The summed E-state index contributed by atoms with van der Waals surface area (Å²) in [7, 11) is 0. The van der Waals surface area contributed by atoms with Gasteiger partial charge in [0.15, 0.2) is 5.83 Å². The second-order valence-corrected chi connectivity index (χ2v) is 6.00. The molecule has 1 aromatic carbocycles. The van der Waals surface area contributed by atoms with Crippen LogP contribution < -0.4 is 0 Å². The molecule has 0 atom stereocenters. The first-order chi connectivity index (χ1) is 11.2. The Balaban J connectivity index is 1.66. The van der Waals surface area contributed by atoms with E-state index in [0.29, 0.717) is 24.5 Å². The maximum Gasteiger partial charge on any atom is 0.196 e. The van der Waals surface area contributed by atoms with Crippen LogP contribution in [0.25, 0.3) is 0 Å². The molecule has 1 aliphatic rings. The molecule has 0 spiro atoms. The predicted octanol–water partition coefficient (Wildman–Crippen LogP) is 4.79. The molecule has 1 fully saturated rings. The molecule has 3 nitrogen and oxygen atoms in total. The van der Waals surface area contributed by atoms with Gasteiger partial charge in [-0.1, -0.05) is 12.1 Å². The molecule has 0 amide bonds. The second kappa shape index (κ2) is 9.08. The van der Waals surface area contributed by atoms with Crippen molar-refractivity contribution in [1.29, 1.82) is 10.5 Å². The quantitative estimate of drug-likeness (QED) is 0.709. The highest BCUT2D eigenvalue weighted by molar-refractivity contribution is 5.31. The molecular weight excluding hydrogens is 291 g/mol. The van der Waals surface area contributed by atoms with E-state index < -0.39 is 5.83 Å². The van der Waals surface area contributed by atoms with Gasteiger partial charge in [-0.25, -0.2) is 0 Å². The van der Waals surface area contributed by atoms with Gasteiger partial charge < -0.3 is 4.74 Å². The molecule has 0 heterocycles. The minimum absolute atomic E-state index is 0.285. The largest absolute Gasteiger partial charge is 0.374 e. The zero-order valence-corrected chi connectivity index (χ0v) is 13.2. The summed E-state index contributed by atoms with van der Waals surface area (Å²) in [4.78, 5) is 0. The Morgan fingerprint density at radius 2 is 1.87 bits per heavy atom. The predicted molar refractivity (Wildman–Crippen MR) is 85.7 cm³/mol. The molecule has 0 unspecified atom stereocenters. The second-order valence-electron chi connectivity index (χ2n) is 6.00. The monoisotopic (exact) mass is 312 g/mol. The molecule has 0 N–H and O–H groups in total. The molecule has 0 radical (unpaired) electrons. The third-order valence-corrected chi connectivity index (χ3v) is 4.37. The molecule has 0 aliphatic heterocycles. The summed E-state index contributed by atoms with van der Waals surface area (Å²) in [6, 6.07) is 11.1. The fraction of sp³-hybridized carbons (Fsp3) is 0.474. The molecular formula is C19H21FN2O. The fourth-order valence-corrected chi connectivity index (χ4v) is 2.97. The van der Waals surface area contributed by atoms with E-state index >= 15 is 0 Å². The average molecular weight is 312 g/mol. The van der Waals surface area contributed by atoms with Gasteiger partial charge in [-0.3, -0.25) is 0 Å². The zero-order valence-electron chi connectivity index (χ0n) is 13.2. The molecule has 1 aliphatic carbocycles. The minimum atomic E-state index is -0.676. The van der Waals surface area contributed by atoms with E-state index in [2.05, 4.69) is 6.07 Å². The zero-order chi connectivity index (χ0) is 16.5. The van der Waals surface area contributed by atoms with Crippen LogP contribution >= 0.6 is 0 Å². The van der Waals surface area contributed by atoms with Crippen molar-refractivity contribution in [3.05, 3.63) is 47.3 Å². The van der Waals surface area contributed by atoms with Crippen LogP contribution in [-0.4, -0.2) is 6.10 Å². The average Bonchev–Trinajstić information content (AvgIpc) is 2.61. The summed E-state index contributed by atoms with van der Waals surface area (Å²) in [6.07, 6.45) is 7.51. The topological polar surface area (TPSA) is 56.8 Å². The number of hydrogen-bond acceptors (Lipinski definition) is 3. The molecule has 1 saturated carbocycles. The van der Waals surface area contributed by atoms with Crippen molar-refractivity contribution in [3.8, 4) is 12.1 Å². The molecule has 120 valence electrons. The first-order valence-electron chi connectivity index (χ1n) is 8.07. The number of ether oxygens (including phenoxy) is 1. The number of rotatable bonds is 6. The Kier molecular flexibility index (Phi) is 6.78. The van der Waals surface area contributed by atoms with Gasteiger partial charge in [-0.15, -0.1) is 0 Å². The van der Waals surface area contributed by atoms with E-state index in [1.807, 2.05) is 24.3 Å². The number of benzene rings is 1. The molecule has 23 heavy (non-hydrogen) atoms. The van der Waals surface area contributed by atoms with Crippen molar-refractivity contribution in [2.24, 2.45) is 5.92 Å². The summed E-state index contributed by atoms with van der Waals surface area (Å²) < 4.78 is 18.7. The fourth-order valence-electron chi connectivity index (χ4n) is 2.97. The Morgan fingerprint density at radius 3 is 2.48 bits per heavy atom. The lowest BCUT2D eigenvalue weighted by atomic mass is 9.84. The Morgan fingerprint density at radius 1 is 1.17 bits per heavy atom. The van der Waals surface area contributed by atoms with Gasteiger partial charge in [-0.05, 0) is 68.2 Å². The van der Waals surface area contributed by atoms with Gasteiger partial charge in [-0.2, -0.15) is 14.9 Å². The molecule has 4 heteroatoms. The van der Waals surface area contributed by atoms with Crippen LogP contribution in [0.15, 0.2) is 36.2 Å². The number of hydrogen-bond donors (Lipinski definition) is 0. The highest BCUT2D eigenvalue weighted by Gasteiger charge is 2.21. The maximum absolute atomic E-state index is 12.7. The van der Waals surface area contributed by atoms with E-state index in [-0.39, 0.29) is 6.10 Å². The number of halogens is 1. The highest BCUT2D eigenvalue weighted by atomic mass is 19.1. The van der Waals surface area contributed by atoms with Crippen molar-refractivity contribution in [1.82, 2.24) is 0 Å². The third kappa shape index (κ3) is 5.85. The van der Waals surface area contributed by atoms with Crippen molar-refractivity contribution < 1.29 is 9.13 Å². The molecule has 0 aromatic heterocycles. The SMILES string of the molecule is N#C/C(F)=C/CC[C@H]1CC[C@H](OCc2ccc(C#N)cc2)CC1. The summed E-state index contributed by atoms with van der Waals surface area (Å²) >= 11 is 0. The summed E-state index contributed by atoms with van der Waals surface area (Å²) in [6.45, 7) is 0.581. The Bertz CT molecular complexity index is 602. The standard InChI is InChI=1S/C19H21FN2O/c20-18(13-22)3-1-2-15-8-10-19(11-9-15)23-14-17-6-4-16(12-21)5-7-17/h3-7,15,19H,1-2,8-11,14H2/b18-3-/t15-,19-. The van der Waals surface area contributed by atoms with Crippen molar-refractivity contribution >= 4 is 0 Å². The molecule has 2 rings (SSSR count). The van der Waals surface area contributed by atoms with Crippen LogP contribution in [0.1, 0.15) is 49.7 Å². The number of allylic oxidation sites excluding steroid dienone is 2. The van der Waals surface area contributed by atoms with E-state index in [9.17, 15) is 4.39 Å². The van der Waals surface area contributed by atoms with Gasteiger partial charge in [0.2, 0.25) is 0 Å². The molecule has 0 saturated heterocycles. The van der Waals surface area contributed by atoms with Crippen LogP contribution in [0.2, 0.25) is 0 Å². The summed E-state index contributed by atoms with van der Waals surface area (Å²) in [5.41, 5.74) is 1.75. The lowest BCUT2D eigenvalue weighted by Gasteiger charge is -2.28. The minimum Gasteiger partial charge on any atom is -0.374 e. The Hall–Kier alpha value is -2.17. The Labute approximate surface area is 137 Å². The van der Waals surface area contributed by atoms with Crippen LogP contribution in [-0.2, 0) is 11.3 Å². The van der Waals surface area contributed by atoms with Crippen LogP contribution in [0.3, 0.4) is 0 Å². The lowest BCUT2D eigenvalue weighted by molar-refractivity contribution is 0.00646. The van der Waals surface area contributed by atoms with Gasteiger partial charge in [0.25, 0.3) is 0 Å². The maximum atomic E-state index is 12.7. The van der Waals surface area contributed by atoms with E-state index in [1.54, 1.807) is 0 Å². The summed E-state index contributed by atoms with van der Waals surface area (Å²) in [5.74, 6) is -0.0723. The van der Waals surface area contributed by atoms with E-state index in [1.165, 1.54) is 12.1 Å². The number of nitriles is 2. The lowest BCUT2D eigenvalue weighted by Crippen LogP contribution is -2.21. The van der Waals surface area contributed by atoms with E-state index in [0.717, 1.165) is 37.7 Å². The van der Waals surface area contributed by atoms with Gasteiger partial charge in [0.1, 0.15) is 6.07 Å². The normalized spacial score (nSPS) is 21.4. The van der Waals surface area contributed by atoms with Gasteiger partial charge in [0.05, 0.1) is 24.3 Å². The van der Waals surface area contributed by atoms with Crippen molar-refractivity contribution in [3.63, 3.8) is 0 Å². The van der Waals surface area contributed by atoms with Crippen molar-refractivity contribution in [2.75, 3.05) is 0 Å². The van der Waals surface area contributed by atoms with Crippen molar-refractivity contribution in [2.45, 2.75) is 51.2 Å². The van der Waals surface area contributed by atoms with Crippen LogP contribution in [0, 0.1) is 28.6 Å². The van der Waals surface area contributed by atoms with Crippen LogP contribution in [0.5, 0.6) is 0 Å². The number of nitrogens with zero attached hydrogens (tertiary/aromatic N) is 2. The first-order valence-corrected chi connectivity index (χ1v) is 8.07. The van der Waals surface area contributed by atoms with Gasteiger partial charge >= 0.3 is 0 Å². The molecule has 1 aromatic rings. The van der Waals surface area contributed by atoms with Gasteiger partial charge in [0, 0.05) is 0 Å². The third-order valence-electron chi connectivity index (χ3n) is 4.37. The molecule has 0 bridgehead atoms. The van der Waals surface area contributed by atoms with Crippen LogP contribution in [0.4, 0.5) is 4.39 Å².